The summed E-state index contributed by atoms with van der Waals surface area (Å²) in [7, 11) is 0.859. The van der Waals surface area contributed by atoms with Crippen LogP contribution < -0.4 is 0 Å². The number of carbonyl (C=O) groups excluding carboxylic acids is 1. The summed E-state index contributed by atoms with van der Waals surface area (Å²) in [6.45, 7) is 4.56. The summed E-state index contributed by atoms with van der Waals surface area (Å²) >= 11 is 0. The van der Waals surface area contributed by atoms with Crippen molar-refractivity contribution in [1.29, 1.82) is 0 Å². The second kappa shape index (κ2) is 11.2. The van der Waals surface area contributed by atoms with Crippen LogP contribution >= 0.6 is 0 Å². The number of hydrogen-bond donors (Lipinski definition) is 0. The van der Waals surface area contributed by atoms with Crippen LogP contribution in [0.25, 0.3) is 0 Å². The third kappa shape index (κ3) is 9.87. The monoisotopic (exact) mass is 288 g/mol. The highest BCUT2D eigenvalue weighted by Crippen LogP contribution is 2.07. The van der Waals surface area contributed by atoms with Crippen LogP contribution in [0.2, 0.25) is 6.55 Å². The van der Waals surface area contributed by atoms with E-state index in [1.165, 1.54) is 31.8 Å². The molecule has 0 unspecified atom stereocenters. The zero-order valence-corrected chi connectivity index (χ0v) is 13.7. The Hall–Kier alpha value is -0.653. The van der Waals surface area contributed by atoms with Crippen molar-refractivity contribution in [1.82, 2.24) is 0 Å². The summed E-state index contributed by atoms with van der Waals surface area (Å²) < 4.78 is 15.6. The van der Waals surface area contributed by atoms with Gasteiger partial charge in [-0.05, 0) is 18.7 Å². The summed E-state index contributed by atoms with van der Waals surface area (Å²) in [5.74, 6) is -0.318. The van der Waals surface area contributed by atoms with Crippen LogP contribution in [0, 0.1) is 0 Å². The minimum Gasteiger partial charge on any atom is -0.463 e. The van der Waals surface area contributed by atoms with Crippen molar-refractivity contribution in [3.05, 3.63) is 11.8 Å². The topological polar surface area (TPSA) is 44.8 Å². The third-order valence-electron chi connectivity index (χ3n) is 3.07. The molecule has 0 bridgehead atoms. The lowest BCUT2D eigenvalue weighted by Gasteiger charge is -2.17. The lowest BCUT2D eigenvalue weighted by molar-refractivity contribution is -0.137. The van der Waals surface area contributed by atoms with Crippen LogP contribution in [-0.4, -0.2) is 35.4 Å². The molecule has 19 heavy (non-hydrogen) atoms. The quantitative estimate of drug-likeness (QED) is 0.253. The van der Waals surface area contributed by atoms with Gasteiger partial charge in [0.1, 0.15) is 0 Å². The highest BCUT2D eigenvalue weighted by Gasteiger charge is 2.25. The van der Waals surface area contributed by atoms with Gasteiger partial charge in [-0.15, -0.1) is 0 Å². The molecule has 5 heteroatoms. The van der Waals surface area contributed by atoms with Crippen LogP contribution in [0.5, 0.6) is 0 Å². The van der Waals surface area contributed by atoms with Crippen LogP contribution in [0.1, 0.15) is 45.4 Å². The number of rotatable bonds is 11. The number of unbranched alkanes of at least 4 members (excludes halogenated alkanes) is 5. The molecule has 0 aliphatic carbocycles. The molecule has 0 saturated heterocycles. The van der Waals surface area contributed by atoms with Crippen molar-refractivity contribution in [3.8, 4) is 0 Å². The first-order valence-electron chi connectivity index (χ1n) is 7.04. The Morgan fingerprint density at radius 3 is 2.21 bits per heavy atom. The normalized spacial score (nSPS) is 12.0. The van der Waals surface area contributed by atoms with Gasteiger partial charge < -0.3 is 13.6 Å². The second-order valence-electron chi connectivity index (χ2n) is 4.69. The molecule has 0 aliphatic rings. The molecular weight excluding hydrogens is 260 g/mol. The van der Waals surface area contributed by atoms with Gasteiger partial charge >= 0.3 is 14.5 Å². The molecule has 0 saturated carbocycles. The second-order valence-corrected chi connectivity index (χ2v) is 7.87. The van der Waals surface area contributed by atoms with Gasteiger partial charge in [-0.1, -0.05) is 39.0 Å². The first kappa shape index (κ1) is 18.3. The number of carbonyl (C=O) groups is 1. The highest BCUT2D eigenvalue weighted by molar-refractivity contribution is 6.71. The van der Waals surface area contributed by atoms with Crippen molar-refractivity contribution < 1.29 is 18.4 Å². The van der Waals surface area contributed by atoms with Gasteiger partial charge in [0.2, 0.25) is 0 Å². The molecule has 0 rings (SSSR count). The third-order valence-corrected chi connectivity index (χ3v) is 5.47. The average molecular weight is 288 g/mol. The van der Waals surface area contributed by atoms with Crippen LogP contribution in [0.4, 0.5) is 0 Å². The lowest BCUT2D eigenvalue weighted by atomic mass is 10.1. The summed E-state index contributed by atoms with van der Waals surface area (Å²) in [6, 6.07) is 0. The van der Waals surface area contributed by atoms with Crippen LogP contribution in [0.15, 0.2) is 11.8 Å². The fourth-order valence-corrected chi connectivity index (χ4v) is 2.42. The predicted octanol–water partition coefficient (Wildman–Crippen LogP) is 3.35. The molecule has 0 aromatic rings. The Morgan fingerprint density at radius 1 is 1.05 bits per heavy atom. The van der Waals surface area contributed by atoms with E-state index in [9.17, 15) is 4.79 Å². The maximum atomic E-state index is 11.5. The maximum absolute atomic E-state index is 11.5. The van der Waals surface area contributed by atoms with Gasteiger partial charge in [0.25, 0.3) is 0 Å². The standard InChI is InChI=1S/C14H28O4Si/c1-5-6-7-8-9-10-12-18-14(15)11-13-19(4,16-2)17-3/h11,13H,5-10,12H2,1-4H3. The summed E-state index contributed by atoms with van der Waals surface area (Å²) in [6.07, 6.45) is 8.51. The summed E-state index contributed by atoms with van der Waals surface area (Å²) in [5, 5.41) is 0. The number of hydrogen-bond acceptors (Lipinski definition) is 4. The molecule has 4 nitrogen and oxygen atoms in total. The van der Waals surface area contributed by atoms with Gasteiger partial charge in [0.05, 0.1) is 6.61 Å². The van der Waals surface area contributed by atoms with Gasteiger partial charge in [-0.25, -0.2) is 4.79 Å². The Bertz CT molecular complexity index is 262. The zero-order chi connectivity index (χ0) is 14.6. The van der Waals surface area contributed by atoms with E-state index in [1.807, 2.05) is 6.55 Å². The fourth-order valence-electron chi connectivity index (χ4n) is 1.54. The van der Waals surface area contributed by atoms with E-state index in [-0.39, 0.29) is 5.97 Å². The first-order chi connectivity index (χ1) is 9.08. The molecule has 0 N–H and O–H groups in total. The Kier molecular flexibility index (Phi) is 10.8. The highest BCUT2D eigenvalue weighted by atomic mass is 28.4. The Balaban J connectivity index is 3.67. The fraction of sp³-hybridized carbons (Fsp3) is 0.786. The zero-order valence-electron chi connectivity index (χ0n) is 12.7. The molecule has 0 spiro atoms. The van der Waals surface area contributed by atoms with Crippen LogP contribution in [0.3, 0.4) is 0 Å². The van der Waals surface area contributed by atoms with E-state index in [2.05, 4.69) is 6.92 Å². The largest absolute Gasteiger partial charge is 0.463 e. The maximum Gasteiger partial charge on any atom is 0.361 e. The van der Waals surface area contributed by atoms with Crippen molar-refractivity contribution in [2.75, 3.05) is 20.8 Å². The van der Waals surface area contributed by atoms with E-state index in [0.29, 0.717) is 6.61 Å². The molecule has 112 valence electrons. The molecule has 0 amide bonds. The summed E-state index contributed by atoms with van der Waals surface area (Å²) in [4.78, 5) is 11.5. The molecule has 0 heterocycles. The van der Waals surface area contributed by atoms with E-state index < -0.39 is 8.56 Å². The minimum absolute atomic E-state index is 0.318. The predicted molar refractivity (Wildman–Crippen MR) is 79.1 cm³/mol. The van der Waals surface area contributed by atoms with Crippen LogP contribution in [-0.2, 0) is 18.4 Å². The SMILES string of the molecule is CCCCCCCCOC(=O)C=C[Si](C)(OC)OC. The average Bonchev–Trinajstić information content (AvgIpc) is 2.44. The van der Waals surface area contributed by atoms with E-state index in [0.717, 1.165) is 12.8 Å². The van der Waals surface area contributed by atoms with Crippen molar-refractivity contribution in [2.24, 2.45) is 0 Å². The number of esters is 1. The molecule has 0 fully saturated rings. The smallest absolute Gasteiger partial charge is 0.361 e. The van der Waals surface area contributed by atoms with E-state index in [4.69, 9.17) is 13.6 Å². The molecule has 0 atom stereocenters. The lowest BCUT2D eigenvalue weighted by Crippen LogP contribution is -2.34. The molecule has 0 aromatic heterocycles. The number of ether oxygens (including phenoxy) is 1. The molecule has 0 aromatic carbocycles. The van der Waals surface area contributed by atoms with Gasteiger partial charge in [0, 0.05) is 20.3 Å². The van der Waals surface area contributed by atoms with Gasteiger partial charge in [0.15, 0.2) is 0 Å². The van der Waals surface area contributed by atoms with Gasteiger partial charge in [-0.2, -0.15) is 0 Å². The summed E-state index contributed by atoms with van der Waals surface area (Å²) in [5.41, 5.74) is 1.69. The van der Waals surface area contributed by atoms with Crippen molar-refractivity contribution in [2.45, 2.75) is 52.0 Å². The first-order valence-corrected chi connectivity index (χ1v) is 9.43. The molecule has 0 aliphatic heterocycles. The Labute approximate surface area is 118 Å². The molecular formula is C14H28O4Si. The van der Waals surface area contributed by atoms with Crippen molar-refractivity contribution >= 4 is 14.5 Å². The van der Waals surface area contributed by atoms with E-state index >= 15 is 0 Å². The van der Waals surface area contributed by atoms with E-state index in [1.54, 1.807) is 19.9 Å². The minimum atomic E-state index is -2.31. The molecule has 0 radical (unpaired) electrons. The Morgan fingerprint density at radius 2 is 1.63 bits per heavy atom. The van der Waals surface area contributed by atoms with Gasteiger partial charge in [-0.3, -0.25) is 0 Å². The van der Waals surface area contributed by atoms with Crippen molar-refractivity contribution in [3.63, 3.8) is 0 Å².